The molecule has 1 amide bonds. The number of carbonyl (C=O) groups excluding carboxylic acids is 1. The highest BCUT2D eigenvalue weighted by molar-refractivity contribution is 5.95. The summed E-state index contributed by atoms with van der Waals surface area (Å²) in [6.45, 7) is 6.39. The molecule has 2 atom stereocenters. The van der Waals surface area contributed by atoms with Crippen molar-refractivity contribution in [2.24, 2.45) is 21.8 Å². The Kier molecular flexibility index (Phi) is 4.84. The minimum atomic E-state index is -0.575. The van der Waals surface area contributed by atoms with E-state index in [9.17, 15) is 14.9 Å². The second-order valence-electron chi connectivity index (χ2n) is 7.97. The standard InChI is InChI=1S/C19H25N3O5/c1-18(2)12-7-8-19(18,3)16(9-12)20-21-17(23)11-27-15-6-5-13(26-4)10-14(15)22(24)25/h5-6,10,12H,7-9,11H2,1-4H3,(H,21,23)/b20-16+. The number of hydrogen-bond acceptors (Lipinski definition) is 6. The number of nitrogens with one attached hydrogen (secondary N) is 1. The maximum atomic E-state index is 12.1. The van der Waals surface area contributed by atoms with Gasteiger partial charge in [-0.05, 0) is 42.7 Å². The van der Waals surface area contributed by atoms with E-state index >= 15 is 0 Å². The van der Waals surface area contributed by atoms with Crippen LogP contribution < -0.4 is 14.9 Å². The summed E-state index contributed by atoms with van der Waals surface area (Å²) in [6.07, 6.45) is 3.17. The lowest BCUT2D eigenvalue weighted by atomic mass is 9.70. The molecule has 1 N–H and O–H groups in total. The molecule has 8 nitrogen and oxygen atoms in total. The smallest absolute Gasteiger partial charge is 0.314 e. The normalized spacial score (nSPS) is 26.8. The van der Waals surface area contributed by atoms with Gasteiger partial charge in [0.05, 0.1) is 18.1 Å². The van der Waals surface area contributed by atoms with Crippen LogP contribution in [0, 0.1) is 26.9 Å². The van der Waals surface area contributed by atoms with Crippen LogP contribution in [-0.2, 0) is 4.79 Å². The number of carbonyl (C=O) groups is 1. The van der Waals surface area contributed by atoms with Gasteiger partial charge in [0.25, 0.3) is 5.91 Å². The second-order valence-corrected chi connectivity index (χ2v) is 7.97. The van der Waals surface area contributed by atoms with E-state index in [0.717, 1.165) is 18.6 Å². The van der Waals surface area contributed by atoms with E-state index in [1.807, 2.05) is 0 Å². The molecule has 1 aromatic carbocycles. The van der Waals surface area contributed by atoms with Gasteiger partial charge in [-0.1, -0.05) is 20.8 Å². The van der Waals surface area contributed by atoms with Crippen molar-refractivity contribution in [2.45, 2.75) is 40.0 Å². The number of nitrogens with zero attached hydrogens (tertiary/aromatic N) is 2. The molecule has 8 heteroatoms. The molecule has 27 heavy (non-hydrogen) atoms. The summed E-state index contributed by atoms with van der Waals surface area (Å²) in [4.78, 5) is 22.7. The Balaban J connectivity index is 1.62. The number of nitro benzene ring substituents is 1. The quantitative estimate of drug-likeness (QED) is 0.607. The van der Waals surface area contributed by atoms with Gasteiger partial charge in [0.15, 0.2) is 12.4 Å². The summed E-state index contributed by atoms with van der Waals surface area (Å²) < 4.78 is 10.3. The Morgan fingerprint density at radius 3 is 2.70 bits per heavy atom. The van der Waals surface area contributed by atoms with E-state index in [-0.39, 0.29) is 28.9 Å². The number of fused-ring (bicyclic) bond motifs is 2. The molecule has 146 valence electrons. The molecule has 2 aliphatic rings. The molecule has 0 heterocycles. The largest absolute Gasteiger partial charge is 0.496 e. The number of methoxy groups -OCH3 is 1. The lowest BCUT2D eigenvalue weighted by Crippen LogP contribution is -2.35. The summed E-state index contributed by atoms with van der Waals surface area (Å²) in [5.41, 5.74) is 3.49. The molecular weight excluding hydrogens is 350 g/mol. The molecular formula is C19H25N3O5. The van der Waals surface area contributed by atoms with Crippen molar-refractivity contribution in [3.05, 3.63) is 28.3 Å². The van der Waals surface area contributed by atoms with E-state index in [1.54, 1.807) is 6.07 Å². The Bertz CT molecular complexity index is 805. The summed E-state index contributed by atoms with van der Waals surface area (Å²) in [7, 11) is 1.42. The summed E-state index contributed by atoms with van der Waals surface area (Å²) in [5.74, 6) is 0.502. The third-order valence-electron chi connectivity index (χ3n) is 6.55. The van der Waals surface area contributed by atoms with Crippen molar-refractivity contribution < 1.29 is 19.2 Å². The fourth-order valence-electron chi connectivity index (χ4n) is 4.29. The summed E-state index contributed by atoms with van der Waals surface area (Å²) in [6, 6.07) is 4.21. The Labute approximate surface area is 158 Å². The van der Waals surface area contributed by atoms with Gasteiger partial charge in [0.1, 0.15) is 5.75 Å². The van der Waals surface area contributed by atoms with Crippen molar-refractivity contribution in [1.29, 1.82) is 0 Å². The second kappa shape index (κ2) is 6.83. The van der Waals surface area contributed by atoms with Gasteiger partial charge in [-0.3, -0.25) is 14.9 Å². The zero-order valence-corrected chi connectivity index (χ0v) is 16.1. The minimum absolute atomic E-state index is 0.000569. The third-order valence-corrected chi connectivity index (χ3v) is 6.55. The first-order chi connectivity index (χ1) is 12.7. The number of hydrogen-bond donors (Lipinski definition) is 1. The molecule has 0 saturated heterocycles. The monoisotopic (exact) mass is 375 g/mol. The van der Waals surface area contributed by atoms with Crippen LogP contribution in [0.4, 0.5) is 5.69 Å². The Hall–Kier alpha value is -2.64. The van der Waals surface area contributed by atoms with Gasteiger partial charge in [-0.2, -0.15) is 5.10 Å². The van der Waals surface area contributed by atoms with Crippen LogP contribution in [0.3, 0.4) is 0 Å². The number of rotatable bonds is 6. The van der Waals surface area contributed by atoms with Gasteiger partial charge in [-0.15, -0.1) is 0 Å². The molecule has 0 aliphatic heterocycles. The number of ether oxygens (including phenoxy) is 2. The van der Waals surface area contributed by atoms with Crippen LogP contribution in [0.25, 0.3) is 0 Å². The average molecular weight is 375 g/mol. The lowest BCUT2D eigenvalue weighted by Gasteiger charge is -2.34. The van der Waals surface area contributed by atoms with Crippen LogP contribution in [0.1, 0.15) is 40.0 Å². The van der Waals surface area contributed by atoms with E-state index in [1.165, 1.54) is 25.7 Å². The van der Waals surface area contributed by atoms with Gasteiger partial charge in [-0.25, -0.2) is 5.43 Å². The maximum Gasteiger partial charge on any atom is 0.314 e. The first-order valence-corrected chi connectivity index (χ1v) is 9.00. The zero-order chi connectivity index (χ0) is 19.8. The number of benzene rings is 1. The molecule has 0 aromatic heterocycles. The Morgan fingerprint density at radius 1 is 1.41 bits per heavy atom. The minimum Gasteiger partial charge on any atom is -0.496 e. The van der Waals surface area contributed by atoms with Crippen molar-refractivity contribution in [3.63, 3.8) is 0 Å². The fraction of sp³-hybridized carbons (Fsp3) is 0.579. The van der Waals surface area contributed by atoms with Crippen molar-refractivity contribution in [1.82, 2.24) is 5.43 Å². The number of nitro groups is 1. The molecule has 1 aromatic rings. The highest BCUT2D eigenvalue weighted by Crippen LogP contribution is 2.63. The SMILES string of the molecule is COc1ccc(OCC(=O)N/N=C2\CC3CCC2(C)C3(C)C)c([N+](=O)[O-])c1. The van der Waals surface area contributed by atoms with Crippen molar-refractivity contribution in [2.75, 3.05) is 13.7 Å². The first-order valence-electron chi connectivity index (χ1n) is 9.00. The lowest BCUT2D eigenvalue weighted by molar-refractivity contribution is -0.385. The molecule has 2 fully saturated rings. The van der Waals surface area contributed by atoms with Gasteiger partial charge in [0.2, 0.25) is 0 Å². The van der Waals surface area contributed by atoms with Crippen LogP contribution >= 0.6 is 0 Å². The fourth-order valence-corrected chi connectivity index (χ4v) is 4.29. The van der Waals surface area contributed by atoms with Gasteiger partial charge >= 0.3 is 5.69 Å². The van der Waals surface area contributed by atoms with Crippen LogP contribution in [0.2, 0.25) is 0 Å². The Morgan fingerprint density at radius 2 is 2.15 bits per heavy atom. The van der Waals surface area contributed by atoms with Crippen LogP contribution in [-0.4, -0.2) is 30.3 Å². The topological polar surface area (TPSA) is 103 Å². The van der Waals surface area contributed by atoms with Crippen molar-refractivity contribution >= 4 is 17.3 Å². The molecule has 0 radical (unpaired) electrons. The molecule has 2 aliphatic carbocycles. The predicted octanol–water partition coefficient (Wildman–Crippen LogP) is 3.30. The van der Waals surface area contributed by atoms with E-state index in [0.29, 0.717) is 11.7 Å². The summed E-state index contributed by atoms with van der Waals surface area (Å²) in [5, 5.41) is 15.5. The first kappa shape index (κ1) is 19.1. The predicted molar refractivity (Wildman–Crippen MR) is 100.0 cm³/mol. The van der Waals surface area contributed by atoms with E-state index in [2.05, 4.69) is 31.3 Å². The van der Waals surface area contributed by atoms with E-state index in [4.69, 9.17) is 9.47 Å². The van der Waals surface area contributed by atoms with Crippen LogP contribution in [0.5, 0.6) is 11.5 Å². The number of hydrazone groups is 1. The van der Waals surface area contributed by atoms with Crippen molar-refractivity contribution in [3.8, 4) is 11.5 Å². The zero-order valence-electron chi connectivity index (χ0n) is 16.1. The average Bonchev–Trinajstić information content (AvgIpc) is 2.97. The molecule has 0 spiro atoms. The number of amides is 1. The highest BCUT2D eigenvalue weighted by atomic mass is 16.6. The third kappa shape index (κ3) is 3.24. The van der Waals surface area contributed by atoms with Crippen LogP contribution in [0.15, 0.2) is 23.3 Å². The molecule has 2 unspecified atom stereocenters. The molecule has 2 saturated carbocycles. The molecule has 3 rings (SSSR count). The summed E-state index contributed by atoms with van der Waals surface area (Å²) >= 11 is 0. The maximum absolute atomic E-state index is 12.1. The van der Waals surface area contributed by atoms with Gasteiger partial charge < -0.3 is 9.47 Å². The molecule has 2 bridgehead atoms. The van der Waals surface area contributed by atoms with Gasteiger partial charge in [0, 0.05) is 11.1 Å². The van der Waals surface area contributed by atoms with E-state index < -0.39 is 10.8 Å². The highest BCUT2D eigenvalue weighted by Gasteiger charge is 2.60.